The Kier molecular flexibility index (Phi) is 5.86. The molecule has 1 saturated heterocycles. The number of halogens is 1. The van der Waals surface area contributed by atoms with E-state index in [4.69, 9.17) is 16.0 Å². The molecule has 1 N–H and O–H groups in total. The zero-order valence-corrected chi connectivity index (χ0v) is 17.2. The number of carbonyl (C=O) groups excluding carboxylic acids is 1. The Morgan fingerprint density at radius 1 is 1.17 bits per heavy atom. The molecule has 0 bridgehead atoms. The summed E-state index contributed by atoms with van der Waals surface area (Å²) < 4.78 is 5.77. The van der Waals surface area contributed by atoms with Crippen LogP contribution in [0.2, 0.25) is 5.02 Å². The van der Waals surface area contributed by atoms with Crippen LogP contribution >= 0.6 is 11.6 Å². The summed E-state index contributed by atoms with van der Waals surface area (Å²) in [6, 6.07) is 13.6. The molecular formula is C23H24ClN3O2. The molecule has 0 spiro atoms. The summed E-state index contributed by atoms with van der Waals surface area (Å²) in [7, 11) is 0. The molecule has 1 fully saturated rings. The van der Waals surface area contributed by atoms with Gasteiger partial charge in [0.1, 0.15) is 0 Å². The van der Waals surface area contributed by atoms with Gasteiger partial charge in [-0.1, -0.05) is 11.6 Å². The molecule has 1 aromatic heterocycles. The fourth-order valence-corrected chi connectivity index (χ4v) is 3.69. The van der Waals surface area contributed by atoms with Crippen LogP contribution in [0.4, 0.5) is 11.4 Å². The van der Waals surface area contributed by atoms with Gasteiger partial charge in [0.25, 0.3) is 0 Å². The van der Waals surface area contributed by atoms with Crippen molar-refractivity contribution in [1.29, 1.82) is 0 Å². The highest BCUT2D eigenvalue weighted by atomic mass is 35.5. The number of rotatable bonds is 6. The van der Waals surface area contributed by atoms with Gasteiger partial charge in [0, 0.05) is 47.9 Å². The van der Waals surface area contributed by atoms with E-state index in [-0.39, 0.29) is 5.91 Å². The van der Waals surface area contributed by atoms with Gasteiger partial charge in [-0.05, 0) is 67.8 Å². The van der Waals surface area contributed by atoms with Gasteiger partial charge in [0.2, 0.25) is 5.91 Å². The summed E-state index contributed by atoms with van der Waals surface area (Å²) in [6.07, 6.45) is 4.94. The Balaban J connectivity index is 1.33. The second-order valence-corrected chi connectivity index (χ2v) is 7.80. The summed E-state index contributed by atoms with van der Waals surface area (Å²) in [5, 5.41) is 3.68. The van der Waals surface area contributed by atoms with Gasteiger partial charge in [0.05, 0.1) is 6.20 Å². The molecule has 1 amide bonds. The van der Waals surface area contributed by atoms with Crippen LogP contribution in [0.1, 0.15) is 30.7 Å². The molecule has 0 unspecified atom stereocenters. The summed E-state index contributed by atoms with van der Waals surface area (Å²) >= 11 is 5.92. The maximum atomic E-state index is 12.4. The van der Waals surface area contributed by atoms with Crippen LogP contribution in [0.3, 0.4) is 0 Å². The first-order valence-corrected chi connectivity index (χ1v) is 10.3. The lowest BCUT2D eigenvalue weighted by molar-refractivity contribution is -0.116. The second-order valence-electron chi connectivity index (χ2n) is 7.37. The van der Waals surface area contributed by atoms with E-state index in [9.17, 15) is 4.79 Å². The fourth-order valence-electron chi connectivity index (χ4n) is 3.57. The van der Waals surface area contributed by atoms with Crippen LogP contribution in [-0.4, -0.2) is 24.0 Å². The lowest BCUT2D eigenvalue weighted by Crippen LogP contribution is -2.18. The normalized spacial score (nSPS) is 13.7. The molecule has 150 valence electrons. The SMILES string of the molecule is Cc1cc(N2CCCC2)ccc1NC(=O)CCc1ncc(-c2ccc(Cl)cc2)o1. The van der Waals surface area contributed by atoms with Crippen molar-refractivity contribution in [1.82, 2.24) is 4.98 Å². The number of benzene rings is 2. The quantitative estimate of drug-likeness (QED) is 0.586. The van der Waals surface area contributed by atoms with Gasteiger partial charge < -0.3 is 14.6 Å². The Morgan fingerprint density at radius 2 is 1.93 bits per heavy atom. The number of nitrogens with zero attached hydrogens (tertiary/aromatic N) is 2. The summed E-state index contributed by atoms with van der Waals surface area (Å²) in [5.41, 5.74) is 4.06. The van der Waals surface area contributed by atoms with E-state index in [1.807, 2.05) is 37.3 Å². The monoisotopic (exact) mass is 409 g/mol. The van der Waals surface area contributed by atoms with E-state index in [0.717, 1.165) is 29.9 Å². The minimum Gasteiger partial charge on any atom is -0.441 e. The molecule has 4 rings (SSSR count). The van der Waals surface area contributed by atoms with Crippen molar-refractivity contribution in [3.63, 3.8) is 0 Å². The first-order valence-electron chi connectivity index (χ1n) is 9.94. The topological polar surface area (TPSA) is 58.4 Å². The maximum absolute atomic E-state index is 12.4. The van der Waals surface area contributed by atoms with Crippen LogP contribution in [0.5, 0.6) is 0 Å². The van der Waals surface area contributed by atoms with E-state index in [1.165, 1.54) is 18.5 Å². The standard InChI is InChI=1S/C23H24ClN3O2/c1-16-14-19(27-12-2-3-13-27)8-9-20(16)26-22(28)10-11-23-25-15-21(29-23)17-4-6-18(24)7-5-17/h4-9,14-15H,2-3,10-13H2,1H3,(H,26,28). The smallest absolute Gasteiger partial charge is 0.224 e. The average molecular weight is 410 g/mol. The largest absolute Gasteiger partial charge is 0.441 e. The summed E-state index contributed by atoms with van der Waals surface area (Å²) in [6.45, 7) is 4.25. The van der Waals surface area contributed by atoms with Crippen LogP contribution < -0.4 is 10.2 Å². The zero-order valence-electron chi connectivity index (χ0n) is 16.5. The predicted octanol–water partition coefficient (Wildman–Crippen LogP) is 5.47. The lowest BCUT2D eigenvalue weighted by atomic mass is 10.1. The zero-order chi connectivity index (χ0) is 20.2. The van der Waals surface area contributed by atoms with Gasteiger partial charge in [-0.3, -0.25) is 4.79 Å². The maximum Gasteiger partial charge on any atom is 0.224 e. The lowest BCUT2D eigenvalue weighted by Gasteiger charge is -2.19. The number of aromatic nitrogens is 1. The third-order valence-electron chi connectivity index (χ3n) is 5.20. The molecule has 0 atom stereocenters. The highest BCUT2D eigenvalue weighted by Crippen LogP contribution is 2.26. The van der Waals surface area contributed by atoms with Crippen molar-refractivity contribution < 1.29 is 9.21 Å². The van der Waals surface area contributed by atoms with Crippen molar-refractivity contribution in [2.24, 2.45) is 0 Å². The van der Waals surface area contributed by atoms with Crippen molar-refractivity contribution in [2.45, 2.75) is 32.6 Å². The molecular weight excluding hydrogens is 386 g/mol. The number of nitrogens with one attached hydrogen (secondary N) is 1. The van der Waals surface area contributed by atoms with E-state index in [1.54, 1.807) is 6.20 Å². The Morgan fingerprint density at radius 3 is 2.66 bits per heavy atom. The number of carbonyl (C=O) groups is 1. The summed E-state index contributed by atoms with van der Waals surface area (Å²) in [4.78, 5) is 19.1. The third kappa shape index (κ3) is 4.80. The molecule has 1 aliphatic rings. The van der Waals surface area contributed by atoms with Crippen molar-refractivity contribution >= 4 is 28.9 Å². The van der Waals surface area contributed by atoms with Crippen LogP contribution in [0.25, 0.3) is 11.3 Å². The van der Waals surface area contributed by atoms with Crippen molar-refractivity contribution in [3.8, 4) is 11.3 Å². The first kappa shape index (κ1) is 19.5. The van der Waals surface area contributed by atoms with Gasteiger partial charge in [-0.25, -0.2) is 4.98 Å². The highest BCUT2D eigenvalue weighted by molar-refractivity contribution is 6.30. The molecule has 0 saturated carbocycles. The van der Waals surface area contributed by atoms with Crippen molar-refractivity contribution in [3.05, 3.63) is 65.1 Å². The molecule has 3 aromatic rings. The number of anilines is 2. The van der Waals surface area contributed by atoms with E-state index >= 15 is 0 Å². The number of amides is 1. The number of hydrogen-bond acceptors (Lipinski definition) is 4. The fraction of sp³-hybridized carbons (Fsp3) is 0.304. The minimum atomic E-state index is -0.0479. The van der Waals surface area contributed by atoms with Gasteiger partial charge >= 0.3 is 0 Å². The molecule has 2 heterocycles. The molecule has 5 nitrogen and oxygen atoms in total. The molecule has 6 heteroatoms. The Hall–Kier alpha value is -2.79. The van der Waals surface area contributed by atoms with Gasteiger partial charge in [-0.15, -0.1) is 0 Å². The second kappa shape index (κ2) is 8.70. The first-order chi connectivity index (χ1) is 14.1. The van der Waals surface area contributed by atoms with Crippen molar-refractivity contribution in [2.75, 3.05) is 23.3 Å². The van der Waals surface area contributed by atoms with Crippen LogP contribution in [0, 0.1) is 6.92 Å². The molecule has 0 aliphatic carbocycles. The average Bonchev–Trinajstić information content (AvgIpc) is 3.41. The van der Waals surface area contributed by atoms with E-state index < -0.39 is 0 Å². The third-order valence-corrected chi connectivity index (χ3v) is 5.46. The number of aryl methyl sites for hydroxylation is 2. The molecule has 0 radical (unpaired) electrons. The summed E-state index contributed by atoms with van der Waals surface area (Å²) in [5.74, 6) is 1.17. The van der Waals surface area contributed by atoms with Gasteiger partial charge in [0.15, 0.2) is 11.7 Å². The minimum absolute atomic E-state index is 0.0479. The molecule has 1 aliphatic heterocycles. The molecule has 2 aromatic carbocycles. The van der Waals surface area contributed by atoms with E-state index in [0.29, 0.717) is 29.5 Å². The highest BCUT2D eigenvalue weighted by Gasteiger charge is 2.14. The number of hydrogen-bond donors (Lipinski definition) is 1. The van der Waals surface area contributed by atoms with E-state index in [2.05, 4.69) is 27.3 Å². The van der Waals surface area contributed by atoms with Gasteiger partial charge in [-0.2, -0.15) is 0 Å². The Labute approximate surface area is 175 Å². The molecule has 29 heavy (non-hydrogen) atoms. The predicted molar refractivity (Wildman–Crippen MR) is 117 cm³/mol. The Bertz CT molecular complexity index is 992. The van der Waals surface area contributed by atoms with Crippen LogP contribution in [0.15, 0.2) is 53.1 Å². The van der Waals surface area contributed by atoms with Crippen LogP contribution in [-0.2, 0) is 11.2 Å². The number of oxazole rings is 1.